The quantitative estimate of drug-likeness (QED) is 0.531. The van der Waals surface area contributed by atoms with Gasteiger partial charge in [-0.3, -0.25) is 4.79 Å². The number of allylic oxidation sites excluding steroid dienone is 3. The smallest absolute Gasteiger partial charge is 0.337 e. The molecule has 1 unspecified atom stereocenters. The van der Waals surface area contributed by atoms with Gasteiger partial charge in [-0.2, -0.15) is 0 Å². The highest BCUT2D eigenvalue weighted by atomic mass is 79.9. The predicted molar refractivity (Wildman–Crippen MR) is 130 cm³/mol. The van der Waals surface area contributed by atoms with Crippen molar-refractivity contribution < 1.29 is 23.8 Å². The van der Waals surface area contributed by atoms with Crippen LogP contribution in [0, 0.1) is 5.41 Å². The fourth-order valence-corrected chi connectivity index (χ4v) is 5.52. The van der Waals surface area contributed by atoms with Gasteiger partial charge < -0.3 is 19.5 Å². The number of hydrogen-bond donors (Lipinski definition) is 1. The first-order chi connectivity index (χ1) is 16.2. The molecule has 2 heterocycles. The number of rotatable bonds is 4. The van der Waals surface area contributed by atoms with Gasteiger partial charge in [0.15, 0.2) is 17.3 Å². The Morgan fingerprint density at radius 2 is 1.85 bits per heavy atom. The maximum Gasteiger partial charge on any atom is 0.337 e. The van der Waals surface area contributed by atoms with Gasteiger partial charge in [0.05, 0.1) is 5.57 Å². The number of esters is 1. The van der Waals surface area contributed by atoms with E-state index in [4.69, 9.17) is 14.2 Å². The molecule has 1 aliphatic carbocycles. The number of halogens is 1. The first kappa shape index (κ1) is 22.7. The van der Waals surface area contributed by atoms with Gasteiger partial charge in [0.1, 0.15) is 6.61 Å². The summed E-state index contributed by atoms with van der Waals surface area (Å²) in [4.78, 5) is 27.0. The van der Waals surface area contributed by atoms with Crippen LogP contribution in [-0.2, 0) is 20.9 Å². The van der Waals surface area contributed by atoms with Crippen LogP contribution >= 0.6 is 15.9 Å². The summed E-state index contributed by atoms with van der Waals surface area (Å²) in [5.41, 5.74) is 4.13. The second kappa shape index (κ2) is 8.62. The van der Waals surface area contributed by atoms with Crippen LogP contribution in [0.25, 0.3) is 0 Å². The van der Waals surface area contributed by atoms with Crippen molar-refractivity contribution in [3.8, 4) is 11.5 Å². The monoisotopic (exact) mass is 523 g/mol. The third-order valence-corrected chi connectivity index (χ3v) is 7.16. The third-order valence-electron chi connectivity index (χ3n) is 6.48. The Morgan fingerprint density at radius 1 is 1.15 bits per heavy atom. The van der Waals surface area contributed by atoms with Crippen LogP contribution in [0.1, 0.15) is 50.7 Å². The van der Waals surface area contributed by atoms with Crippen molar-refractivity contribution in [2.45, 2.75) is 46.1 Å². The third kappa shape index (κ3) is 4.13. The molecule has 0 saturated carbocycles. The van der Waals surface area contributed by atoms with Crippen LogP contribution in [0.3, 0.4) is 0 Å². The SMILES string of the molecule is CC1=C(C(=O)OCc2ccccc2)C(c2cc3c(cc2Br)OCO3)C2=C(CC(C)(C)CC2=O)N1. The average molecular weight is 524 g/mol. The lowest BCUT2D eigenvalue weighted by atomic mass is 9.68. The van der Waals surface area contributed by atoms with Gasteiger partial charge in [0.25, 0.3) is 0 Å². The van der Waals surface area contributed by atoms with E-state index in [1.54, 1.807) is 0 Å². The molecule has 176 valence electrons. The Labute approximate surface area is 207 Å². The molecule has 6 nitrogen and oxygen atoms in total. The number of carbonyl (C=O) groups excluding carboxylic acids is 2. The average Bonchev–Trinajstić information content (AvgIpc) is 3.23. The number of fused-ring (bicyclic) bond motifs is 1. The molecule has 2 aromatic carbocycles. The van der Waals surface area contributed by atoms with E-state index in [2.05, 4.69) is 35.1 Å². The number of carbonyl (C=O) groups is 2. The molecule has 2 aromatic rings. The van der Waals surface area contributed by atoms with Crippen molar-refractivity contribution in [3.05, 3.63) is 80.6 Å². The van der Waals surface area contributed by atoms with Gasteiger partial charge >= 0.3 is 5.97 Å². The molecule has 0 spiro atoms. The molecule has 7 heteroatoms. The number of hydrogen-bond acceptors (Lipinski definition) is 6. The summed E-state index contributed by atoms with van der Waals surface area (Å²) >= 11 is 3.65. The van der Waals surface area contributed by atoms with Crippen LogP contribution in [0.4, 0.5) is 0 Å². The number of Topliss-reactive ketones (excluding diaryl/α,β-unsaturated/α-hetero) is 1. The van der Waals surface area contributed by atoms with Crippen molar-refractivity contribution >= 4 is 27.7 Å². The molecule has 1 N–H and O–H groups in total. The maximum atomic E-state index is 13.5. The Hall–Kier alpha value is -3.06. The Kier molecular flexibility index (Phi) is 5.76. The van der Waals surface area contributed by atoms with E-state index in [1.165, 1.54) is 0 Å². The highest BCUT2D eigenvalue weighted by molar-refractivity contribution is 9.10. The maximum absolute atomic E-state index is 13.5. The molecule has 0 saturated heterocycles. The summed E-state index contributed by atoms with van der Waals surface area (Å²) < 4.78 is 17.6. The topological polar surface area (TPSA) is 73.9 Å². The van der Waals surface area contributed by atoms with Crippen molar-refractivity contribution in [3.63, 3.8) is 0 Å². The zero-order valence-electron chi connectivity index (χ0n) is 19.4. The normalized spacial score (nSPS) is 20.7. The second-order valence-corrected chi connectivity index (χ2v) is 10.6. The minimum Gasteiger partial charge on any atom is -0.457 e. The number of benzene rings is 2. The summed E-state index contributed by atoms with van der Waals surface area (Å²) in [6.45, 7) is 6.33. The standard InChI is InChI=1S/C27H26BrNO5/c1-15-23(26(31)32-13-16-7-5-4-6-8-16)24(17-9-21-22(10-18(17)28)34-14-33-21)25-19(29-15)11-27(2,3)12-20(25)30/h4-10,24,29H,11-14H2,1-3H3. The zero-order chi connectivity index (χ0) is 24.0. The first-order valence-electron chi connectivity index (χ1n) is 11.3. The number of nitrogens with one attached hydrogen (secondary N) is 1. The molecule has 0 amide bonds. The highest BCUT2D eigenvalue weighted by Gasteiger charge is 2.44. The van der Waals surface area contributed by atoms with Gasteiger partial charge in [-0.05, 0) is 42.0 Å². The van der Waals surface area contributed by atoms with E-state index in [1.807, 2.05) is 49.4 Å². The summed E-state index contributed by atoms with van der Waals surface area (Å²) in [5.74, 6) is 0.231. The van der Waals surface area contributed by atoms with E-state index >= 15 is 0 Å². The zero-order valence-corrected chi connectivity index (χ0v) is 21.0. The first-order valence-corrected chi connectivity index (χ1v) is 12.1. The van der Waals surface area contributed by atoms with E-state index in [0.29, 0.717) is 34.8 Å². The minimum atomic E-state index is -0.577. The minimum absolute atomic E-state index is 0.0363. The number of ketones is 1. The van der Waals surface area contributed by atoms with Crippen LogP contribution in [0.5, 0.6) is 11.5 Å². The van der Waals surface area contributed by atoms with Gasteiger partial charge in [-0.1, -0.05) is 60.1 Å². The van der Waals surface area contributed by atoms with Gasteiger partial charge in [0.2, 0.25) is 6.79 Å². The van der Waals surface area contributed by atoms with E-state index < -0.39 is 11.9 Å². The summed E-state index contributed by atoms with van der Waals surface area (Å²) in [6.07, 6.45) is 1.13. The van der Waals surface area contributed by atoms with Crippen molar-refractivity contribution in [2.75, 3.05) is 6.79 Å². The largest absolute Gasteiger partial charge is 0.457 e. The van der Waals surface area contributed by atoms with Crippen molar-refractivity contribution in [1.29, 1.82) is 0 Å². The summed E-state index contributed by atoms with van der Waals surface area (Å²) in [6, 6.07) is 13.2. The van der Waals surface area contributed by atoms with Gasteiger partial charge in [-0.15, -0.1) is 0 Å². The Morgan fingerprint density at radius 3 is 2.59 bits per heavy atom. The summed E-state index contributed by atoms with van der Waals surface area (Å²) in [5, 5.41) is 3.37. The molecule has 5 rings (SSSR count). The Balaban J connectivity index is 1.59. The molecule has 0 aromatic heterocycles. The van der Waals surface area contributed by atoms with Crippen molar-refractivity contribution in [1.82, 2.24) is 5.32 Å². The highest BCUT2D eigenvalue weighted by Crippen LogP contribution is 2.50. The van der Waals surface area contributed by atoms with Crippen LogP contribution in [0.2, 0.25) is 0 Å². The predicted octanol–water partition coefficient (Wildman–Crippen LogP) is 5.53. The molecule has 0 radical (unpaired) electrons. The molecular formula is C27H26BrNO5. The van der Waals surface area contributed by atoms with E-state index in [9.17, 15) is 9.59 Å². The fraction of sp³-hybridized carbons (Fsp3) is 0.333. The van der Waals surface area contributed by atoms with E-state index in [0.717, 1.165) is 27.7 Å². The van der Waals surface area contributed by atoms with Crippen LogP contribution < -0.4 is 14.8 Å². The molecule has 0 fully saturated rings. The molecule has 1 atom stereocenters. The second-order valence-electron chi connectivity index (χ2n) is 9.72. The molecular weight excluding hydrogens is 498 g/mol. The lowest BCUT2D eigenvalue weighted by molar-refractivity contribution is -0.140. The number of ether oxygens (including phenoxy) is 3. The van der Waals surface area contributed by atoms with Crippen LogP contribution in [0.15, 0.2) is 69.5 Å². The fourth-order valence-electron chi connectivity index (χ4n) is 4.97. The molecule has 0 bridgehead atoms. The van der Waals surface area contributed by atoms with Gasteiger partial charge in [0, 0.05) is 33.8 Å². The lowest BCUT2D eigenvalue weighted by Crippen LogP contribution is -2.38. The molecule has 34 heavy (non-hydrogen) atoms. The summed E-state index contributed by atoms with van der Waals surface area (Å²) in [7, 11) is 0. The van der Waals surface area contributed by atoms with Gasteiger partial charge in [-0.25, -0.2) is 4.79 Å². The lowest BCUT2D eigenvalue weighted by Gasteiger charge is -2.39. The number of dihydropyridines is 1. The molecule has 3 aliphatic rings. The van der Waals surface area contributed by atoms with Crippen molar-refractivity contribution in [2.24, 2.45) is 5.41 Å². The Bertz CT molecular complexity index is 1250. The van der Waals surface area contributed by atoms with Crippen LogP contribution in [-0.4, -0.2) is 18.5 Å². The molecule has 2 aliphatic heterocycles. The van der Waals surface area contributed by atoms with E-state index in [-0.39, 0.29) is 24.6 Å².